The SMILES string of the molecule is COc1ccc2cn(C[C@@]3(C#Cc4ccc(C5CC5)nc4)NC(=O)NC3=O)c(O)c2c1. The molecule has 8 nitrogen and oxygen atoms in total. The van der Waals surface area contributed by atoms with Crippen molar-refractivity contribution in [2.75, 3.05) is 7.11 Å². The average Bonchev–Trinajstić information content (AvgIpc) is 3.52. The Morgan fingerprint density at radius 3 is 2.77 bits per heavy atom. The molecule has 5 rings (SSSR count). The van der Waals surface area contributed by atoms with Gasteiger partial charge in [-0.1, -0.05) is 11.8 Å². The van der Waals surface area contributed by atoms with Crippen LogP contribution < -0.4 is 15.4 Å². The number of hydrogen-bond donors (Lipinski definition) is 3. The number of carbonyl (C=O) groups excluding carboxylic acids is 2. The van der Waals surface area contributed by atoms with E-state index in [0.29, 0.717) is 22.6 Å². The Balaban J connectivity index is 1.50. The number of methoxy groups -OCH3 is 1. The molecular weight excluding hydrogens is 396 g/mol. The highest BCUT2D eigenvalue weighted by molar-refractivity contribution is 6.09. The molecule has 1 saturated carbocycles. The fourth-order valence-corrected chi connectivity index (χ4v) is 3.74. The van der Waals surface area contributed by atoms with Crippen LogP contribution in [0.4, 0.5) is 4.79 Å². The molecule has 3 heterocycles. The molecule has 1 atom stereocenters. The standard InChI is InChI=1S/C23H20N4O4/c1-31-17-6-5-16-12-27(20(28)18(16)10-17)13-23(21(29)25-22(30)26-23)9-8-14-2-7-19(24-11-14)15-3-4-15/h2,5-7,10-12,15,28H,3-4,13H2,1H3,(H2,25,26,29,30)/t23-/m1/s1. The van der Waals surface area contributed by atoms with Gasteiger partial charge in [0.05, 0.1) is 13.7 Å². The van der Waals surface area contributed by atoms with E-state index < -0.39 is 17.5 Å². The summed E-state index contributed by atoms with van der Waals surface area (Å²) < 4.78 is 6.71. The number of benzene rings is 1. The molecule has 8 heteroatoms. The van der Waals surface area contributed by atoms with Crippen molar-refractivity contribution in [3.63, 3.8) is 0 Å². The van der Waals surface area contributed by atoms with Crippen LogP contribution in [0.15, 0.2) is 42.7 Å². The number of amides is 3. The molecule has 3 aromatic rings. The van der Waals surface area contributed by atoms with Gasteiger partial charge in [0, 0.05) is 40.3 Å². The maximum absolute atomic E-state index is 12.7. The summed E-state index contributed by atoms with van der Waals surface area (Å²) in [6.07, 6.45) is 5.70. The van der Waals surface area contributed by atoms with Crippen LogP contribution in [0.1, 0.15) is 30.0 Å². The van der Waals surface area contributed by atoms with Gasteiger partial charge in [-0.2, -0.15) is 0 Å². The highest BCUT2D eigenvalue weighted by atomic mass is 16.5. The summed E-state index contributed by atoms with van der Waals surface area (Å²) in [5.74, 6) is 6.39. The second-order valence-electron chi connectivity index (χ2n) is 7.84. The lowest BCUT2D eigenvalue weighted by Crippen LogP contribution is -2.49. The molecule has 0 spiro atoms. The molecule has 2 aromatic heterocycles. The molecule has 0 radical (unpaired) electrons. The second kappa shape index (κ2) is 7.06. The van der Waals surface area contributed by atoms with Crippen LogP contribution in [0.5, 0.6) is 11.6 Å². The van der Waals surface area contributed by atoms with E-state index in [-0.39, 0.29) is 12.4 Å². The lowest BCUT2D eigenvalue weighted by Gasteiger charge is -2.20. The molecule has 1 aromatic carbocycles. The van der Waals surface area contributed by atoms with Gasteiger partial charge in [0.1, 0.15) is 5.75 Å². The van der Waals surface area contributed by atoms with E-state index in [0.717, 1.165) is 23.9 Å². The molecule has 31 heavy (non-hydrogen) atoms. The van der Waals surface area contributed by atoms with Crippen molar-refractivity contribution in [3.05, 3.63) is 54.0 Å². The van der Waals surface area contributed by atoms with Crippen LogP contribution >= 0.6 is 0 Å². The van der Waals surface area contributed by atoms with Crippen molar-refractivity contribution < 1.29 is 19.4 Å². The molecular formula is C23H20N4O4. The highest BCUT2D eigenvalue weighted by Gasteiger charge is 2.46. The maximum Gasteiger partial charge on any atom is 0.323 e. The van der Waals surface area contributed by atoms with Gasteiger partial charge in [-0.25, -0.2) is 4.79 Å². The Kier molecular flexibility index (Phi) is 4.33. The molecule has 1 aliphatic heterocycles. The zero-order chi connectivity index (χ0) is 21.6. The van der Waals surface area contributed by atoms with E-state index in [4.69, 9.17) is 4.74 Å². The van der Waals surface area contributed by atoms with Gasteiger partial charge in [-0.05, 0) is 43.2 Å². The van der Waals surface area contributed by atoms with E-state index in [2.05, 4.69) is 27.5 Å². The number of carbonyl (C=O) groups is 2. The van der Waals surface area contributed by atoms with Crippen LogP contribution in [-0.2, 0) is 11.3 Å². The summed E-state index contributed by atoms with van der Waals surface area (Å²) in [5, 5.41) is 16.9. The molecule has 0 bridgehead atoms. The minimum Gasteiger partial charge on any atom is -0.497 e. The second-order valence-corrected chi connectivity index (χ2v) is 7.84. The predicted octanol–water partition coefficient (Wildman–Crippen LogP) is 2.26. The van der Waals surface area contributed by atoms with E-state index in [1.54, 1.807) is 31.6 Å². The molecule has 1 saturated heterocycles. The zero-order valence-corrected chi connectivity index (χ0v) is 16.8. The molecule has 3 N–H and O–H groups in total. The molecule has 2 fully saturated rings. The van der Waals surface area contributed by atoms with Crippen LogP contribution in [0.3, 0.4) is 0 Å². The van der Waals surface area contributed by atoms with E-state index in [1.165, 1.54) is 4.57 Å². The highest BCUT2D eigenvalue weighted by Crippen LogP contribution is 2.38. The van der Waals surface area contributed by atoms with E-state index in [1.807, 2.05) is 18.2 Å². The third-order valence-corrected chi connectivity index (χ3v) is 5.62. The third kappa shape index (κ3) is 3.44. The fourth-order valence-electron chi connectivity index (χ4n) is 3.74. The van der Waals surface area contributed by atoms with Gasteiger partial charge < -0.3 is 19.7 Å². The lowest BCUT2D eigenvalue weighted by molar-refractivity contribution is -0.122. The lowest BCUT2D eigenvalue weighted by atomic mass is 10.00. The van der Waals surface area contributed by atoms with Crippen LogP contribution in [0.2, 0.25) is 0 Å². The van der Waals surface area contributed by atoms with Gasteiger partial charge in [-0.3, -0.25) is 15.1 Å². The van der Waals surface area contributed by atoms with E-state index in [9.17, 15) is 14.7 Å². The number of hydrogen-bond acceptors (Lipinski definition) is 5. The minimum atomic E-state index is -1.52. The Hall–Kier alpha value is -3.99. The number of ether oxygens (including phenoxy) is 1. The molecule has 2 aliphatic rings. The summed E-state index contributed by atoms with van der Waals surface area (Å²) in [6.45, 7) is -0.0615. The quantitative estimate of drug-likeness (QED) is 0.447. The topological polar surface area (TPSA) is 105 Å². The summed E-state index contributed by atoms with van der Waals surface area (Å²) >= 11 is 0. The monoisotopic (exact) mass is 416 g/mol. The van der Waals surface area contributed by atoms with Gasteiger partial charge in [-0.15, -0.1) is 0 Å². The molecule has 3 amide bonds. The van der Waals surface area contributed by atoms with Crippen molar-refractivity contribution in [2.45, 2.75) is 30.8 Å². The van der Waals surface area contributed by atoms with Crippen molar-refractivity contribution in [3.8, 4) is 23.5 Å². The number of nitrogens with zero attached hydrogens (tertiary/aromatic N) is 2. The summed E-state index contributed by atoms with van der Waals surface area (Å²) in [5.41, 5.74) is 0.166. The summed E-state index contributed by atoms with van der Waals surface area (Å²) in [7, 11) is 1.55. The largest absolute Gasteiger partial charge is 0.497 e. The van der Waals surface area contributed by atoms with E-state index >= 15 is 0 Å². The third-order valence-electron chi connectivity index (χ3n) is 5.62. The van der Waals surface area contributed by atoms with Gasteiger partial charge in [0.25, 0.3) is 5.91 Å². The van der Waals surface area contributed by atoms with Crippen LogP contribution in [0, 0.1) is 11.8 Å². The number of fused-ring (bicyclic) bond motifs is 1. The number of aromatic hydroxyl groups is 1. The minimum absolute atomic E-state index is 0.0422. The van der Waals surface area contributed by atoms with Crippen molar-refractivity contribution in [1.29, 1.82) is 0 Å². The first-order valence-corrected chi connectivity index (χ1v) is 9.96. The average molecular weight is 416 g/mol. The summed E-state index contributed by atoms with van der Waals surface area (Å²) in [6, 6.07) is 8.48. The van der Waals surface area contributed by atoms with Gasteiger partial charge in [0.15, 0.2) is 5.88 Å². The Morgan fingerprint density at radius 1 is 1.29 bits per heavy atom. The van der Waals surface area contributed by atoms with Crippen molar-refractivity contribution in [1.82, 2.24) is 20.2 Å². The predicted molar refractivity (Wildman–Crippen MR) is 113 cm³/mol. The Labute approximate surface area is 178 Å². The zero-order valence-electron chi connectivity index (χ0n) is 16.8. The number of aromatic nitrogens is 2. The van der Waals surface area contributed by atoms with Crippen LogP contribution in [-0.4, -0.2) is 39.2 Å². The first kappa shape index (κ1) is 19.0. The van der Waals surface area contributed by atoms with Gasteiger partial charge >= 0.3 is 6.03 Å². The maximum atomic E-state index is 12.7. The first-order valence-electron chi connectivity index (χ1n) is 9.96. The molecule has 156 valence electrons. The Bertz CT molecular complexity index is 1260. The van der Waals surface area contributed by atoms with Crippen LogP contribution in [0.25, 0.3) is 10.8 Å². The number of nitrogens with one attached hydrogen (secondary N) is 2. The number of imide groups is 1. The first-order chi connectivity index (χ1) is 15.0. The normalized spacial score (nSPS) is 20.2. The fraction of sp³-hybridized carbons (Fsp3) is 0.261. The Morgan fingerprint density at radius 2 is 2.13 bits per heavy atom. The number of urea groups is 1. The van der Waals surface area contributed by atoms with Gasteiger partial charge in [0.2, 0.25) is 5.54 Å². The number of pyridine rings is 1. The van der Waals surface area contributed by atoms with Crippen molar-refractivity contribution in [2.24, 2.45) is 0 Å². The molecule has 0 unspecified atom stereocenters. The smallest absolute Gasteiger partial charge is 0.323 e. The summed E-state index contributed by atoms with van der Waals surface area (Å²) in [4.78, 5) is 29.0. The number of rotatable bonds is 4. The molecule has 1 aliphatic carbocycles. The van der Waals surface area contributed by atoms with Crippen molar-refractivity contribution >= 4 is 22.7 Å².